The molecule has 4 aromatic carbocycles. The van der Waals surface area contributed by atoms with Gasteiger partial charge < -0.3 is 35.3 Å². The minimum Gasteiger partial charge on any atom is -0.506 e. The van der Waals surface area contributed by atoms with Crippen molar-refractivity contribution in [3.8, 4) is 11.5 Å². The van der Waals surface area contributed by atoms with Gasteiger partial charge >= 0.3 is 6.09 Å². The van der Waals surface area contributed by atoms with Crippen molar-refractivity contribution >= 4 is 28.6 Å². The van der Waals surface area contributed by atoms with Gasteiger partial charge in [-0.05, 0) is 103 Å². The summed E-state index contributed by atoms with van der Waals surface area (Å²) < 4.78 is 12.2. The largest absolute Gasteiger partial charge is 0.506 e. The van der Waals surface area contributed by atoms with Gasteiger partial charge in [-0.1, -0.05) is 72.3 Å². The summed E-state index contributed by atoms with van der Waals surface area (Å²) in [6.45, 7) is 4.14. The minimum atomic E-state index is -0.843. The number of halogens is 1. The van der Waals surface area contributed by atoms with Gasteiger partial charge in [0.1, 0.15) is 24.2 Å². The molecule has 3 atom stereocenters. The molecule has 1 aromatic heterocycles. The van der Waals surface area contributed by atoms with Crippen molar-refractivity contribution in [3.05, 3.63) is 140 Å². The summed E-state index contributed by atoms with van der Waals surface area (Å²) in [6.07, 6.45) is 1.46. The number of aliphatic hydroxyl groups is 1. The molecule has 52 heavy (non-hydrogen) atoms. The van der Waals surface area contributed by atoms with Gasteiger partial charge in [-0.25, -0.2) is 4.79 Å². The number of nitrogens with one attached hydrogen (secondary N) is 3. The molecular weight excluding hydrogens is 680 g/mol. The molecule has 1 amide bonds. The smallest absolute Gasteiger partial charge is 0.408 e. The Labute approximate surface area is 307 Å². The number of alkyl carbamates (subject to hydrolysis) is 1. The van der Waals surface area contributed by atoms with Crippen LogP contribution in [-0.2, 0) is 17.8 Å². The highest BCUT2D eigenvalue weighted by Gasteiger charge is 2.37. The maximum Gasteiger partial charge on any atom is 0.408 e. The molecule has 4 heterocycles. The second kappa shape index (κ2) is 16.2. The van der Waals surface area contributed by atoms with Crippen LogP contribution in [0.5, 0.6) is 11.5 Å². The average molecular weight is 723 g/mol. The van der Waals surface area contributed by atoms with Crippen LogP contribution < -0.4 is 20.9 Å². The standard InChI is InChI=1S/C41H43ClN4O6/c42-34-21-26(9-10-27(34)15-18-43-23-36(48)32-11-13-35(47)40-33(32)12-14-38(49)44-40)25-51-31-8-4-7-30(22-31)39(29-5-2-1-3-6-29)45-41(50)52-37-24-46-19-16-28(37)17-20-46/h1-14,21-22,28,36-37,39,43,47-48H,15-20,23-25H2,(H,44,49)(H,45,50)/t36?,37?,39-/m0/s1. The molecule has 3 fully saturated rings. The van der Waals surface area contributed by atoms with Crippen LogP contribution in [0.4, 0.5) is 4.79 Å². The number of H-pyrrole nitrogens is 1. The number of piperidine rings is 3. The molecule has 0 radical (unpaired) electrons. The number of hydrogen-bond donors (Lipinski definition) is 5. The highest BCUT2D eigenvalue weighted by molar-refractivity contribution is 6.31. The van der Waals surface area contributed by atoms with E-state index in [0.29, 0.717) is 52.7 Å². The van der Waals surface area contributed by atoms with E-state index in [9.17, 15) is 19.8 Å². The fourth-order valence-corrected chi connectivity index (χ4v) is 7.59. The van der Waals surface area contributed by atoms with Crippen molar-refractivity contribution in [1.82, 2.24) is 20.5 Å². The third kappa shape index (κ3) is 8.43. The minimum absolute atomic E-state index is 0.0453. The molecule has 0 spiro atoms. The summed E-state index contributed by atoms with van der Waals surface area (Å²) in [4.78, 5) is 29.9. The SMILES string of the molecule is O=C(N[C@@H](c1ccccc1)c1cccc(OCc2ccc(CCNCC(O)c3ccc(O)c4[nH]c(=O)ccc34)c(Cl)c2)c1)OC1CN2CCC1CC2. The Morgan fingerprint density at radius 1 is 0.962 bits per heavy atom. The molecule has 2 unspecified atom stereocenters. The Balaban J connectivity index is 0.932. The van der Waals surface area contributed by atoms with Crippen LogP contribution in [0.15, 0.2) is 102 Å². The van der Waals surface area contributed by atoms with E-state index >= 15 is 0 Å². The van der Waals surface area contributed by atoms with E-state index in [-0.39, 0.29) is 24.0 Å². The number of aromatic nitrogens is 1. The van der Waals surface area contributed by atoms with Crippen molar-refractivity contribution in [2.75, 3.05) is 32.7 Å². The normalized spacial score (nSPS) is 19.2. The van der Waals surface area contributed by atoms with Crippen LogP contribution in [0.2, 0.25) is 5.02 Å². The molecule has 2 bridgehead atoms. The molecule has 3 aliphatic rings. The number of carbonyl (C=O) groups is 1. The fourth-order valence-electron chi connectivity index (χ4n) is 7.29. The maximum absolute atomic E-state index is 13.2. The summed E-state index contributed by atoms with van der Waals surface area (Å²) >= 11 is 6.67. The molecule has 8 rings (SSSR count). The number of amides is 1. The molecule has 0 saturated carbocycles. The van der Waals surface area contributed by atoms with Crippen LogP contribution in [-0.4, -0.2) is 65.0 Å². The number of phenolic OH excluding ortho intramolecular Hbond substituents is 1. The first-order chi connectivity index (χ1) is 25.3. The number of fused-ring (bicyclic) bond motifs is 4. The monoisotopic (exact) mass is 722 g/mol. The lowest BCUT2D eigenvalue weighted by molar-refractivity contribution is -0.0336. The number of aromatic amines is 1. The lowest BCUT2D eigenvalue weighted by atomic mass is 9.86. The summed E-state index contributed by atoms with van der Waals surface area (Å²) in [5, 5.41) is 28.6. The van der Waals surface area contributed by atoms with E-state index in [0.717, 1.165) is 54.7 Å². The lowest BCUT2D eigenvalue weighted by Gasteiger charge is -2.43. The van der Waals surface area contributed by atoms with E-state index in [1.54, 1.807) is 12.1 Å². The molecular formula is C41H43ClN4O6. The molecule has 11 heteroatoms. The van der Waals surface area contributed by atoms with Crippen LogP contribution in [0.25, 0.3) is 10.9 Å². The summed E-state index contributed by atoms with van der Waals surface area (Å²) in [6, 6.07) is 29.2. The summed E-state index contributed by atoms with van der Waals surface area (Å²) in [5.74, 6) is 1.05. The Hall–Kier alpha value is -4.87. The van der Waals surface area contributed by atoms with E-state index in [1.807, 2.05) is 72.8 Å². The quantitative estimate of drug-likeness (QED) is 0.0902. The zero-order valence-corrected chi connectivity index (χ0v) is 29.5. The average Bonchev–Trinajstić information content (AvgIpc) is 3.16. The topological polar surface area (TPSA) is 136 Å². The van der Waals surface area contributed by atoms with E-state index in [1.165, 1.54) is 12.1 Å². The number of hydrogen-bond acceptors (Lipinski definition) is 8. The number of ether oxygens (including phenoxy) is 2. The highest BCUT2D eigenvalue weighted by atomic mass is 35.5. The predicted molar refractivity (Wildman–Crippen MR) is 201 cm³/mol. The van der Waals surface area contributed by atoms with Gasteiger partial charge in [0.2, 0.25) is 5.56 Å². The molecule has 10 nitrogen and oxygen atoms in total. The van der Waals surface area contributed by atoms with Gasteiger partial charge in [0, 0.05) is 29.6 Å². The Morgan fingerprint density at radius 3 is 2.54 bits per heavy atom. The number of aromatic hydroxyl groups is 1. The highest BCUT2D eigenvalue weighted by Crippen LogP contribution is 2.32. The molecule has 270 valence electrons. The number of aliphatic hydroxyl groups excluding tert-OH is 1. The second-order valence-corrected chi connectivity index (χ2v) is 14.0. The van der Waals surface area contributed by atoms with Gasteiger partial charge in [0.15, 0.2) is 0 Å². The Morgan fingerprint density at radius 2 is 1.77 bits per heavy atom. The van der Waals surface area contributed by atoms with Crippen LogP contribution in [0.3, 0.4) is 0 Å². The van der Waals surface area contributed by atoms with Crippen LogP contribution >= 0.6 is 11.6 Å². The van der Waals surface area contributed by atoms with Crippen LogP contribution in [0.1, 0.15) is 52.8 Å². The van der Waals surface area contributed by atoms with Gasteiger partial charge in [-0.15, -0.1) is 0 Å². The number of benzene rings is 4. The van der Waals surface area contributed by atoms with E-state index < -0.39 is 18.2 Å². The third-order valence-electron chi connectivity index (χ3n) is 10.1. The molecule has 3 aliphatic heterocycles. The molecule has 5 N–H and O–H groups in total. The van der Waals surface area contributed by atoms with E-state index in [2.05, 4.69) is 20.5 Å². The summed E-state index contributed by atoms with van der Waals surface area (Å²) in [7, 11) is 0. The van der Waals surface area contributed by atoms with Crippen LogP contribution in [0, 0.1) is 5.92 Å². The van der Waals surface area contributed by atoms with Gasteiger partial charge in [0.05, 0.1) is 17.7 Å². The first-order valence-corrected chi connectivity index (χ1v) is 18.2. The molecule has 0 aliphatic carbocycles. The fraction of sp³-hybridized carbons (Fsp3) is 0.317. The zero-order valence-electron chi connectivity index (χ0n) is 28.8. The van der Waals surface area contributed by atoms with Crippen molar-refractivity contribution in [3.63, 3.8) is 0 Å². The summed E-state index contributed by atoms with van der Waals surface area (Å²) in [5.41, 5.74) is 4.30. The second-order valence-electron chi connectivity index (χ2n) is 13.6. The van der Waals surface area contributed by atoms with E-state index in [4.69, 9.17) is 21.1 Å². The maximum atomic E-state index is 13.2. The molecule has 5 aromatic rings. The Kier molecular flexibility index (Phi) is 11.1. The van der Waals surface area contributed by atoms with Gasteiger partial charge in [0.25, 0.3) is 0 Å². The van der Waals surface area contributed by atoms with Crippen molar-refractivity contribution in [1.29, 1.82) is 0 Å². The number of phenols is 1. The van der Waals surface area contributed by atoms with Crippen molar-refractivity contribution in [2.45, 2.75) is 44.1 Å². The lowest BCUT2D eigenvalue weighted by Crippen LogP contribution is -2.52. The van der Waals surface area contributed by atoms with Gasteiger partial charge in [-0.3, -0.25) is 9.69 Å². The first kappa shape index (κ1) is 35.5. The zero-order chi connectivity index (χ0) is 36.0. The first-order valence-electron chi connectivity index (χ1n) is 17.8. The number of carbonyl (C=O) groups excluding carboxylic acids is 1. The molecule has 3 saturated heterocycles. The van der Waals surface area contributed by atoms with Crippen molar-refractivity contribution in [2.24, 2.45) is 5.92 Å². The number of nitrogens with zero attached hydrogens (tertiary/aromatic N) is 1. The van der Waals surface area contributed by atoms with Crippen molar-refractivity contribution < 1.29 is 24.5 Å². The Bertz CT molecular complexity index is 2070. The third-order valence-corrected chi connectivity index (χ3v) is 10.5. The predicted octanol–water partition coefficient (Wildman–Crippen LogP) is 6.24. The van der Waals surface area contributed by atoms with Gasteiger partial charge in [-0.2, -0.15) is 0 Å². The number of rotatable bonds is 13. The number of pyridine rings is 1.